The number of hydrogen-bond donors (Lipinski definition) is 2. The van der Waals surface area contributed by atoms with Gasteiger partial charge in [-0.25, -0.2) is 32.5 Å². The Balaban J connectivity index is 1.49. The van der Waals surface area contributed by atoms with Crippen LogP contribution in [0.15, 0.2) is 49.1 Å². The fourth-order valence-electron chi connectivity index (χ4n) is 4.52. The highest BCUT2D eigenvalue weighted by Gasteiger charge is 2.23. The number of hydrogen-bond acceptors (Lipinski definition) is 8. The van der Waals surface area contributed by atoms with Gasteiger partial charge in [-0.2, -0.15) is 5.10 Å². The highest BCUT2D eigenvalue weighted by atomic mass is 19.3. The third kappa shape index (κ3) is 5.93. The van der Waals surface area contributed by atoms with Crippen molar-refractivity contribution in [3.63, 3.8) is 0 Å². The van der Waals surface area contributed by atoms with E-state index in [1.807, 2.05) is 4.90 Å². The third-order valence-corrected chi connectivity index (χ3v) is 6.26. The maximum atomic E-state index is 14.6. The van der Waals surface area contributed by atoms with E-state index in [0.29, 0.717) is 42.3 Å². The molecule has 0 aliphatic carbocycles. The van der Waals surface area contributed by atoms with Gasteiger partial charge in [0.1, 0.15) is 35.6 Å². The first-order chi connectivity index (χ1) is 18.8. The van der Waals surface area contributed by atoms with Crippen LogP contribution >= 0.6 is 0 Å². The van der Waals surface area contributed by atoms with Crippen molar-refractivity contribution in [1.29, 1.82) is 0 Å². The summed E-state index contributed by atoms with van der Waals surface area (Å²) in [5.41, 5.74) is 1.91. The van der Waals surface area contributed by atoms with E-state index in [9.17, 15) is 22.7 Å². The molecule has 1 atom stereocenters. The number of pyridine rings is 1. The molecule has 0 saturated carbocycles. The highest BCUT2D eigenvalue weighted by Crippen LogP contribution is 2.35. The summed E-state index contributed by atoms with van der Waals surface area (Å²) in [6.07, 6.45) is 4.44. The molecule has 1 aliphatic heterocycles. The smallest absolute Gasteiger partial charge is 0.257 e. The van der Waals surface area contributed by atoms with E-state index in [4.69, 9.17) is 4.74 Å². The number of halogens is 4. The lowest BCUT2D eigenvalue weighted by Crippen LogP contribution is -2.38. The second-order valence-electron chi connectivity index (χ2n) is 9.03. The van der Waals surface area contributed by atoms with Crippen LogP contribution in [0.1, 0.15) is 12.8 Å². The van der Waals surface area contributed by atoms with Gasteiger partial charge in [-0.3, -0.25) is 4.68 Å². The number of aliphatic hydroxyl groups excluding tert-OH is 1. The Kier molecular flexibility index (Phi) is 7.59. The van der Waals surface area contributed by atoms with Crippen LogP contribution in [0, 0.1) is 11.6 Å². The molecule has 9 nitrogen and oxygen atoms in total. The molecule has 2 N–H and O–H groups in total. The summed E-state index contributed by atoms with van der Waals surface area (Å²) in [6, 6.07) is 5.10. The summed E-state index contributed by atoms with van der Waals surface area (Å²) in [7, 11) is 1.29. The number of benzene rings is 1. The molecule has 1 saturated heterocycles. The second-order valence-corrected chi connectivity index (χ2v) is 9.03. The minimum atomic E-state index is -2.54. The number of aromatic nitrogens is 5. The normalized spacial score (nSPS) is 15.6. The number of nitrogens with zero attached hydrogens (tertiary/aromatic N) is 6. The molecule has 0 spiro atoms. The van der Waals surface area contributed by atoms with E-state index >= 15 is 0 Å². The number of piperidine rings is 1. The first-order valence-electron chi connectivity index (χ1n) is 12.2. The van der Waals surface area contributed by atoms with Crippen LogP contribution in [0.5, 0.6) is 5.75 Å². The minimum Gasteiger partial charge on any atom is -0.496 e. The first-order valence-corrected chi connectivity index (χ1v) is 12.2. The van der Waals surface area contributed by atoms with Gasteiger partial charge in [0.2, 0.25) is 0 Å². The molecule has 204 valence electrons. The Labute approximate surface area is 221 Å². The van der Waals surface area contributed by atoms with Crippen molar-refractivity contribution >= 4 is 17.3 Å². The SMILES string of the molecule is COc1cc(F)cc(F)c1-c1nccc(Nc2cc(N3CCC[C@H](O)C3)c(-c3cnn(CC(F)F)c3)cn2)n1. The van der Waals surface area contributed by atoms with Gasteiger partial charge < -0.3 is 20.1 Å². The monoisotopic (exact) mass is 543 g/mol. The summed E-state index contributed by atoms with van der Waals surface area (Å²) in [4.78, 5) is 14.9. The van der Waals surface area contributed by atoms with Gasteiger partial charge in [0.25, 0.3) is 6.43 Å². The van der Waals surface area contributed by atoms with Gasteiger partial charge in [0.15, 0.2) is 5.82 Å². The van der Waals surface area contributed by atoms with Crippen LogP contribution in [0.4, 0.5) is 34.9 Å². The van der Waals surface area contributed by atoms with Crippen molar-refractivity contribution in [2.45, 2.75) is 31.9 Å². The Bertz CT molecular complexity index is 1470. The number of methoxy groups -OCH3 is 1. The molecule has 3 aromatic heterocycles. The van der Waals surface area contributed by atoms with Crippen molar-refractivity contribution in [3.05, 3.63) is 60.7 Å². The third-order valence-electron chi connectivity index (χ3n) is 6.26. The minimum absolute atomic E-state index is 0.0169. The van der Waals surface area contributed by atoms with E-state index in [2.05, 4.69) is 25.4 Å². The van der Waals surface area contributed by atoms with E-state index in [1.54, 1.807) is 18.3 Å². The van der Waals surface area contributed by atoms with Gasteiger partial charge in [-0.1, -0.05) is 0 Å². The van der Waals surface area contributed by atoms with Gasteiger partial charge in [0, 0.05) is 61.0 Å². The second kappa shape index (κ2) is 11.2. The molecule has 4 aromatic rings. The number of rotatable bonds is 8. The van der Waals surface area contributed by atoms with Gasteiger partial charge in [-0.15, -0.1) is 0 Å². The van der Waals surface area contributed by atoms with Gasteiger partial charge in [-0.05, 0) is 18.9 Å². The molecule has 4 heterocycles. The van der Waals surface area contributed by atoms with Crippen molar-refractivity contribution in [3.8, 4) is 28.3 Å². The highest BCUT2D eigenvalue weighted by molar-refractivity contribution is 5.80. The lowest BCUT2D eigenvalue weighted by molar-refractivity contribution is 0.122. The zero-order chi connectivity index (χ0) is 27.5. The summed E-state index contributed by atoms with van der Waals surface area (Å²) in [5.74, 6) is -1.04. The molecule has 5 rings (SSSR count). The van der Waals surface area contributed by atoms with Crippen molar-refractivity contribution < 1.29 is 27.4 Å². The molecular weight excluding hydrogens is 518 g/mol. The number of aliphatic hydroxyl groups is 1. The van der Waals surface area contributed by atoms with Crippen molar-refractivity contribution in [2.75, 3.05) is 30.4 Å². The predicted octanol–water partition coefficient (Wildman–Crippen LogP) is 4.66. The van der Waals surface area contributed by atoms with Gasteiger partial charge in [0.05, 0.1) is 30.7 Å². The van der Waals surface area contributed by atoms with Crippen LogP contribution < -0.4 is 15.0 Å². The number of alkyl halides is 2. The van der Waals surface area contributed by atoms with Crippen LogP contribution in [0.3, 0.4) is 0 Å². The lowest BCUT2D eigenvalue weighted by atomic mass is 10.0. The molecule has 1 fully saturated rings. The maximum absolute atomic E-state index is 14.6. The zero-order valence-electron chi connectivity index (χ0n) is 20.9. The number of β-amino-alcohol motifs (C(OH)–C–C–N with tert-alkyl or cyclic N) is 1. The van der Waals surface area contributed by atoms with E-state index in [0.717, 1.165) is 24.2 Å². The number of nitrogens with one attached hydrogen (secondary N) is 1. The average Bonchev–Trinajstić information content (AvgIpc) is 3.36. The summed E-state index contributed by atoms with van der Waals surface area (Å²) < 4.78 is 60.3. The van der Waals surface area contributed by atoms with Crippen molar-refractivity contribution in [2.24, 2.45) is 0 Å². The predicted molar refractivity (Wildman–Crippen MR) is 136 cm³/mol. The van der Waals surface area contributed by atoms with Crippen LogP contribution in [0.25, 0.3) is 22.5 Å². The van der Waals surface area contributed by atoms with E-state index in [-0.39, 0.29) is 17.1 Å². The lowest BCUT2D eigenvalue weighted by Gasteiger charge is -2.33. The van der Waals surface area contributed by atoms with Crippen molar-refractivity contribution in [1.82, 2.24) is 24.7 Å². The Hall–Kier alpha value is -4.26. The molecule has 39 heavy (non-hydrogen) atoms. The summed E-state index contributed by atoms with van der Waals surface area (Å²) in [6.45, 7) is 0.545. The largest absolute Gasteiger partial charge is 0.496 e. The molecule has 1 aliphatic rings. The molecule has 0 radical (unpaired) electrons. The topological polar surface area (TPSA) is 101 Å². The molecule has 0 bridgehead atoms. The quantitative estimate of drug-likeness (QED) is 0.310. The number of anilines is 3. The van der Waals surface area contributed by atoms with Crippen LogP contribution in [0.2, 0.25) is 0 Å². The van der Waals surface area contributed by atoms with E-state index in [1.165, 1.54) is 30.4 Å². The fraction of sp³-hybridized carbons (Fsp3) is 0.308. The Morgan fingerprint density at radius 1 is 1.15 bits per heavy atom. The van der Waals surface area contributed by atoms with E-state index < -0.39 is 30.7 Å². The molecule has 13 heteroatoms. The zero-order valence-corrected chi connectivity index (χ0v) is 20.9. The molecule has 0 unspecified atom stereocenters. The molecular formula is C26H25F4N7O2. The first kappa shape index (κ1) is 26.4. The van der Waals surface area contributed by atoms with Crippen LogP contribution in [-0.2, 0) is 6.54 Å². The standard InChI is InChI=1S/C26H25F4N7O2/c1-39-21-8-16(27)7-19(28)25(21)26-31-5-4-23(35-26)34-24-9-20(36-6-2-3-17(38)13-36)18(11-32-24)15-10-33-37(12-15)14-22(29)30/h4-5,7-12,17,22,38H,2-3,6,13-14H2,1H3,(H,31,32,34,35)/t17-/m0/s1. The molecule has 0 amide bonds. The molecule has 1 aromatic carbocycles. The Morgan fingerprint density at radius 2 is 2.00 bits per heavy atom. The Morgan fingerprint density at radius 3 is 2.77 bits per heavy atom. The van der Waals surface area contributed by atoms with Crippen LogP contribution in [-0.4, -0.2) is 62.6 Å². The summed E-state index contributed by atoms with van der Waals surface area (Å²) in [5, 5.41) is 17.4. The maximum Gasteiger partial charge on any atom is 0.257 e. The van der Waals surface area contributed by atoms with Gasteiger partial charge >= 0.3 is 0 Å². The average molecular weight is 544 g/mol. The fourth-order valence-corrected chi connectivity index (χ4v) is 4.52. The number of ether oxygens (including phenoxy) is 1. The summed E-state index contributed by atoms with van der Waals surface area (Å²) >= 11 is 0.